The summed E-state index contributed by atoms with van der Waals surface area (Å²) in [5.74, 6) is -0.0410. The Balaban J connectivity index is 0.00000220. The first kappa shape index (κ1) is 17.4. The Kier molecular flexibility index (Phi) is 6.13. The number of rotatable bonds is 5. The van der Waals surface area contributed by atoms with Gasteiger partial charge in [-0.25, -0.2) is 8.42 Å². The number of halogens is 1. The largest absolute Gasteiger partial charge is 0.353 e. The molecule has 0 aromatic heterocycles. The normalized spacial score (nSPS) is 16.7. The van der Waals surface area contributed by atoms with Crippen molar-refractivity contribution in [3.8, 4) is 0 Å². The molecule has 0 unspecified atom stereocenters. The smallest absolute Gasteiger partial charge is 0.263 e. The minimum absolute atomic E-state index is 0. The lowest BCUT2D eigenvalue weighted by Gasteiger charge is -2.03. The van der Waals surface area contributed by atoms with Crippen LogP contribution in [0.5, 0.6) is 0 Å². The van der Waals surface area contributed by atoms with E-state index in [1.165, 1.54) is 6.07 Å². The van der Waals surface area contributed by atoms with Crippen molar-refractivity contribution in [1.82, 2.24) is 15.4 Å². The van der Waals surface area contributed by atoms with Crippen LogP contribution in [0.1, 0.15) is 5.56 Å². The number of carbonyl (C=O) groups is 1. The van der Waals surface area contributed by atoms with Gasteiger partial charge in [0, 0.05) is 18.7 Å². The first-order chi connectivity index (χ1) is 9.54. The molecular weight excluding hydrogens is 316 g/mol. The Morgan fingerprint density at radius 2 is 2.00 bits per heavy atom. The molecule has 116 valence electrons. The molecule has 3 N–H and O–H groups in total. The summed E-state index contributed by atoms with van der Waals surface area (Å²) in [6, 6.07) is 6.53. The van der Waals surface area contributed by atoms with Gasteiger partial charge < -0.3 is 10.6 Å². The van der Waals surface area contributed by atoms with Crippen LogP contribution in [0.4, 0.5) is 0 Å². The number of sulfonamides is 1. The first-order valence-electron chi connectivity index (χ1n) is 6.12. The molecule has 1 aromatic rings. The Hall–Kier alpha value is -1.64. The fourth-order valence-corrected chi connectivity index (χ4v) is 3.04. The molecule has 0 spiro atoms. The van der Waals surface area contributed by atoms with Crippen LogP contribution in [-0.4, -0.2) is 46.8 Å². The molecule has 0 bridgehead atoms. The number of hydrogen-bond acceptors (Lipinski definition) is 5. The molecule has 0 fully saturated rings. The zero-order chi connectivity index (χ0) is 14.6. The van der Waals surface area contributed by atoms with Gasteiger partial charge in [0.15, 0.2) is 0 Å². The van der Waals surface area contributed by atoms with Gasteiger partial charge in [-0.2, -0.15) is 0 Å². The fraction of sp³-hybridized carbons (Fsp3) is 0.333. The molecule has 2 rings (SSSR count). The van der Waals surface area contributed by atoms with Crippen molar-refractivity contribution in [1.29, 1.82) is 0 Å². The summed E-state index contributed by atoms with van der Waals surface area (Å²) in [5, 5.41) is 5.57. The second-order valence-electron chi connectivity index (χ2n) is 4.22. The number of amides is 1. The number of nitrogens with one attached hydrogen (secondary N) is 3. The van der Waals surface area contributed by atoms with Crippen molar-refractivity contribution in [3.05, 3.63) is 29.8 Å². The second-order valence-corrected chi connectivity index (χ2v) is 5.87. The SMILES string of the molecule is CNCCNC(=O)CN=C1NS(=O)(=O)c2ccccc21.Cl. The van der Waals surface area contributed by atoms with E-state index in [9.17, 15) is 13.2 Å². The zero-order valence-corrected chi connectivity index (χ0v) is 13.1. The molecule has 9 heteroatoms. The molecule has 0 aliphatic carbocycles. The fourth-order valence-electron chi connectivity index (χ4n) is 1.78. The van der Waals surface area contributed by atoms with E-state index < -0.39 is 10.0 Å². The van der Waals surface area contributed by atoms with E-state index in [0.717, 1.165) is 0 Å². The predicted octanol–water partition coefficient (Wildman–Crippen LogP) is -0.517. The molecule has 0 radical (unpaired) electrons. The maximum absolute atomic E-state index is 11.8. The maximum Gasteiger partial charge on any atom is 0.263 e. The van der Waals surface area contributed by atoms with E-state index in [0.29, 0.717) is 18.7 Å². The summed E-state index contributed by atoms with van der Waals surface area (Å²) in [6.07, 6.45) is 0. The van der Waals surface area contributed by atoms with Gasteiger partial charge in [-0.15, -0.1) is 12.4 Å². The third-order valence-corrected chi connectivity index (χ3v) is 4.14. The van der Waals surface area contributed by atoms with Crippen LogP contribution in [0.15, 0.2) is 34.2 Å². The van der Waals surface area contributed by atoms with E-state index in [1.807, 2.05) is 0 Å². The number of fused-ring (bicyclic) bond motifs is 1. The number of hydrogen-bond donors (Lipinski definition) is 3. The van der Waals surface area contributed by atoms with Gasteiger partial charge in [0.1, 0.15) is 12.4 Å². The third kappa shape index (κ3) is 4.16. The number of nitrogens with zero attached hydrogens (tertiary/aromatic N) is 1. The minimum Gasteiger partial charge on any atom is -0.353 e. The lowest BCUT2D eigenvalue weighted by atomic mass is 10.2. The molecule has 1 aliphatic rings. The standard InChI is InChI=1S/C12H16N4O3S.ClH/c1-13-6-7-14-11(17)8-15-12-9-4-2-3-5-10(9)20(18,19)16-12;/h2-5,13H,6-8H2,1H3,(H,14,17)(H,15,16);1H. The highest BCUT2D eigenvalue weighted by Gasteiger charge is 2.30. The van der Waals surface area contributed by atoms with Crippen molar-refractivity contribution >= 4 is 34.2 Å². The number of carbonyl (C=O) groups excluding carboxylic acids is 1. The average Bonchev–Trinajstić information content (AvgIpc) is 2.69. The molecule has 7 nitrogen and oxygen atoms in total. The van der Waals surface area contributed by atoms with Gasteiger partial charge in [-0.05, 0) is 19.2 Å². The highest BCUT2D eigenvalue weighted by molar-refractivity contribution is 7.90. The van der Waals surface area contributed by atoms with Crippen LogP contribution in [0.3, 0.4) is 0 Å². The first-order valence-corrected chi connectivity index (χ1v) is 7.61. The van der Waals surface area contributed by atoms with E-state index >= 15 is 0 Å². The third-order valence-electron chi connectivity index (χ3n) is 2.74. The Labute approximate surface area is 129 Å². The lowest BCUT2D eigenvalue weighted by molar-refractivity contribution is -0.119. The van der Waals surface area contributed by atoms with Gasteiger partial charge in [-0.1, -0.05) is 12.1 Å². The molecule has 1 aromatic carbocycles. The minimum atomic E-state index is -3.55. The summed E-state index contributed by atoms with van der Waals surface area (Å²) in [7, 11) is -1.76. The quantitative estimate of drug-likeness (QED) is 0.632. The molecule has 0 saturated heterocycles. The van der Waals surface area contributed by atoms with E-state index in [1.54, 1.807) is 25.2 Å². The lowest BCUT2D eigenvalue weighted by Crippen LogP contribution is -2.32. The van der Waals surface area contributed by atoms with Crippen LogP contribution >= 0.6 is 12.4 Å². The molecule has 1 amide bonds. The predicted molar refractivity (Wildman–Crippen MR) is 82.4 cm³/mol. The van der Waals surface area contributed by atoms with Crippen molar-refractivity contribution < 1.29 is 13.2 Å². The molecule has 21 heavy (non-hydrogen) atoms. The zero-order valence-electron chi connectivity index (χ0n) is 11.4. The Bertz CT molecular complexity index is 646. The van der Waals surface area contributed by atoms with Crippen LogP contribution in [-0.2, 0) is 14.8 Å². The Morgan fingerprint density at radius 3 is 2.71 bits per heavy atom. The number of aliphatic imine (C=N–C) groups is 1. The molecular formula is C12H17ClN4O3S. The van der Waals surface area contributed by atoms with Crippen molar-refractivity contribution in [2.75, 3.05) is 26.7 Å². The van der Waals surface area contributed by atoms with Gasteiger partial charge >= 0.3 is 0 Å². The summed E-state index contributed by atoms with van der Waals surface area (Å²) in [4.78, 5) is 15.7. The van der Waals surface area contributed by atoms with Crippen LogP contribution in [0, 0.1) is 0 Å². The van der Waals surface area contributed by atoms with Crippen LogP contribution in [0.25, 0.3) is 0 Å². The topological polar surface area (TPSA) is 99.7 Å². The average molecular weight is 333 g/mol. The van der Waals surface area contributed by atoms with Gasteiger partial charge in [-0.3, -0.25) is 14.5 Å². The van der Waals surface area contributed by atoms with E-state index in [4.69, 9.17) is 0 Å². The van der Waals surface area contributed by atoms with E-state index in [2.05, 4.69) is 20.3 Å². The molecule has 0 atom stereocenters. The Morgan fingerprint density at radius 1 is 1.29 bits per heavy atom. The maximum atomic E-state index is 11.8. The van der Waals surface area contributed by atoms with Crippen LogP contribution < -0.4 is 15.4 Å². The van der Waals surface area contributed by atoms with Crippen molar-refractivity contribution in [2.24, 2.45) is 4.99 Å². The second kappa shape index (κ2) is 7.39. The number of amidine groups is 1. The molecule has 1 aliphatic heterocycles. The van der Waals surface area contributed by atoms with Gasteiger partial charge in [0.25, 0.3) is 10.0 Å². The van der Waals surface area contributed by atoms with Crippen molar-refractivity contribution in [3.63, 3.8) is 0 Å². The highest BCUT2D eigenvalue weighted by Crippen LogP contribution is 2.21. The van der Waals surface area contributed by atoms with Gasteiger partial charge in [0.05, 0.1) is 4.90 Å². The molecule has 1 heterocycles. The molecule has 0 saturated carbocycles. The van der Waals surface area contributed by atoms with Crippen LogP contribution in [0.2, 0.25) is 0 Å². The van der Waals surface area contributed by atoms with Crippen molar-refractivity contribution in [2.45, 2.75) is 4.90 Å². The number of likely N-dealkylation sites (N-methyl/N-ethyl adjacent to an activating group) is 1. The number of benzene rings is 1. The summed E-state index contributed by atoms with van der Waals surface area (Å²) in [6.45, 7) is 1.05. The highest BCUT2D eigenvalue weighted by atomic mass is 35.5. The summed E-state index contributed by atoms with van der Waals surface area (Å²) in [5.41, 5.74) is 0.496. The summed E-state index contributed by atoms with van der Waals surface area (Å²) >= 11 is 0. The van der Waals surface area contributed by atoms with E-state index in [-0.39, 0.29) is 35.6 Å². The monoisotopic (exact) mass is 332 g/mol. The summed E-state index contributed by atoms with van der Waals surface area (Å²) < 4.78 is 26.0. The van der Waals surface area contributed by atoms with Gasteiger partial charge in [0.2, 0.25) is 5.91 Å².